The first-order valence-electron chi connectivity index (χ1n) is 7.60. The minimum absolute atomic E-state index is 0.369. The minimum atomic E-state index is -0.449. The molecule has 3 heteroatoms. The van der Waals surface area contributed by atoms with E-state index in [1.165, 1.54) is 22.3 Å². The number of methoxy groups -OCH3 is 1. The van der Waals surface area contributed by atoms with Crippen LogP contribution in [0.2, 0.25) is 0 Å². The van der Waals surface area contributed by atoms with E-state index in [2.05, 4.69) is 60.4 Å². The molecule has 0 spiro atoms. The van der Waals surface area contributed by atoms with E-state index in [0.29, 0.717) is 13.2 Å². The van der Waals surface area contributed by atoms with Gasteiger partial charge in [-0.2, -0.15) is 0 Å². The highest BCUT2D eigenvalue weighted by molar-refractivity contribution is 5.67. The Morgan fingerprint density at radius 1 is 1.14 bits per heavy atom. The zero-order valence-corrected chi connectivity index (χ0v) is 13.6. The van der Waals surface area contributed by atoms with Gasteiger partial charge in [0.05, 0.1) is 12.7 Å². The molecule has 0 saturated carbocycles. The van der Waals surface area contributed by atoms with E-state index in [1.807, 2.05) is 7.05 Å². The Bertz CT molecular complexity index is 597. The van der Waals surface area contributed by atoms with Crippen molar-refractivity contribution in [2.24, 2.45) is 0 Å². The minimum Gasteiger partial charge on any atom is -0.389 e. The van der Waals surface area contributed by atoms with Gasteiger partial charge in [0, 0.05) is 20.2 Å². The van der Waals surface area contributed by atoms with Crippen LogP contribution in [0, 0.1) is 6.92 Å². The van der Waals surface area contributed by atoms with E-state index < -0.39 is 6.10 Å². The quantitative estimate of drug-likeness (QED) is 0.853. The molecule has 0 aliphatic rings. The zero-order valence-electron chi connectivity index (χ0n) is 13.6. The van der Waals surface area contributed by atoms with Gasteiger partial charge in [-0.15, -0.1) is 0 Å². The van der Waals surface area contributed by atoms with Crippen molar-refractivity contribution in [3.8, 4) is 11.1 Å². The highest BCUT2D eigenvalue weighted by atomic mass is 16.5. The van der Waals surface area contributed by atoms with Crippen molar-refractivity contribution in [1.29, 1.82) is 0 Å². The van der Waals surface area contributed by atoms with Gasteiger partial charge in [-0.3, -0.25) is 4.90 Å². The van der Waals surface area contributed by atoms with Crippen LogP contribution in [0.25, 0.3) is 11.1 Å². The summed E-state index contributed by atoms with van der Waals surface area (Å²) in [4.78, 5) is 2.11. The van der Waals surface area contributed by atoms with E-state index in [1.54, 1.807) is 7.11 Å². The summed E-state index contributed by atoms with van der Waals surface area (Å²) >= 11 is 0. The number of rotatable bonds is 7. The molecule has 1 N–H and O–H groups in total. The van der Waals surface area contributed by atoms with Gasteiger partial charge in [0.1, 0.15) is 0 Å². The number of aliphatic hydroxyl groups excluding tert-OH is 1. The lowest BCUT2D eigenvalue weighted by molar-refractivity contribution is 0.0419. The van der Waals surface area contributed by atoms with Crippen molar-refractivity contribution >= 4 is 0 Å². The van der Waals surface area contributed by atoms with Crippen LogP contribution < -0.4 is 0 Å². The number of ether oxygens (including phenoxy) is 1. The molecule has 0 bridgehead atoms. The number of hydrogen-bond donors (Lipinski definition) is 1. The lowest BCUT2D eigenvalue weighted by atomic mass is 9.99. The molecule has 0 radical (unpaired) electrons. The van der Waals surface area contributed by atoms with Gasteiger partial charge in [-0.05, 0) is 42.3 Å². The molecule has 0 fully saturated rings. The lowest BCUT2D eigenvalue weighted by Crippen LogP contribution is -2.31. The molecule has 0 amide bonds. The maximum Gasteiger partial charge on any atom is 0.0900 e. The van der Waals surface area contributed by atoms with Crippen LogP contribution in [-0.4, -0.2) is 43.4 Å². The molecule has 1 atom stereocenters. The van der Waals surface area contributed by atoms with Crippen molar-refractivity contribution in [2.45, 2.75) is 19.6 Å². The second-order valence-corrected chi connectivity index (χ2v) is 5.82. The predicted octanol–water partition coefficient (Wildman–Crippen LogP) is 3.10. The van der Waals surface area contributed by atoms with Crippen LogP contribution >= 0.6 is 0 Å². The molecule has 2 aromatic carbocycles. The molecule has 0 aliphatic heterocycles. The summed E-state index contributed by atoms with van der Waals surface area (Å²) in [5, 5.41) is 9.80. The van der Waals surface area contributed by atoms with Crippen molar-refractivity contribution < 1.29 is 9.84 Å². The van der Waals surface area contributed by atoms with E-state index >= 15 is 0 Å². The molecular weight excluding hydrogens is 274 g/mol. The summed E-state index contributed by atoms with van der Waals surface area (Å²) in [7, 11) is 3.62. The van der Waals surface area contributed by atoms with Crippen LogP contribution in [0.1, 0.15) is 11.1 Å². The van der Waals surface area contributed by atoms with Crippen molar-refractivity contribution in [1.82, 2.24) is 4.90 Å². The number of nitrogens with zero attached hydrogens (tertiary/aromatic N) is 1. The fourth-order valence-corrected chi connectivity index (χ4v) is 2.72. The predicted molar refractivity (Wildman–Crippen MR) is 90.8 cm³/mol. The van der Waals surface area contributed by atoms with Gasteiger partial charge in [0.2, 0.25) is 0 Å². The third-order valence-corrected chi connectivity index (χ3v) is 3.72. The summed E-state index contributed by atoms with van der Waals surface area (Å²) in [6.45, 7) is 3.91. The monoisotopic (exact) mass is 299 g/mol. The van der Waals surface area contributed by atoms with Gasteiger partial charge in [-0.1, -0.05) is 42.5 Å². The van der Waals surface area contributed by atoms with Crippen LogP contribution in [0.15, 0.2) is 48.5 Å². The Morgan fingerprint density at radius 2 is 1.91 bits per heavy atom. The maximum absolute atomic E-state index is 9.80. The number of benzene rings is 2. The third-order valence-electron chi connectivity index (χ3n) is 3.72. The standard InChI is InChI=1S/C19H25NO2/c1-15-7-4-5-10-19(15)17-9-6-8-16(11-17)12-20(2)13-18(21)14-22-3/h4-11,18,21H,12-14H2,1-3H3. The zero-order chi connectivity index (χ0) is 15.9. The van der Waals surface area contributed by atoms with Gasteiger partial charge in [0.15, 0.2) is 0 Å². The second kappa shape index (κ2) is 8.08. The van der Waals surface area contributed by atoms with Crippen LogP contribution in [-0.2, 0) is 11.3 Å². The largest absolute Gasteiger partial charge is 0.389 e. The first-order chi connectivity index (χ1) is 10.6. The Morgan fingerprint density at radius 3 is 2.64 bits per heavy atom. The number of hydrogen-bond acceptors (Lipinski definition) is 3. The van der Waals surface area contributed by atoms with E-state index in [4.69, 9.17) is 4.74 Å². The fraction of sp³-hybridized carbons (Fsp3) is 0.368. The summed E-state index contributed by atoms with van der Waals surface area (Å²) in [5.74, 6) is 0. The number of aryl methyl sites for hydroxylation is 1. The Kier molecular flexibility index (Phi) is 6.13. The van der Waals surface area contributed by atoms with Gasteiger partial charge >= 0.3 is 0 Å². The van der Waals surface area contributed by atoms with E-state index in [-0.39, 0.29) is 0 Å². The smallest absolute Gasteiger partial charge is 0.0900 e. The average Bonchev–Trinajstić information content (AvgIpc) is 2.48. The SMILES string of the molecule is COCC(O)CN(C)Cc1cccc(-c2ccccc2C)c1. The molecule has 0 saturated heterocycles. The molecule has 3 nitrogen and oxygen atoms in total. The number of likely N-dealkylation sites (N-methyl/N-ethyl adjacent to an activating group) is 1. The number of aliphatic hydroxyl groups is 1. The van der Waals surface area contributed by atoms with E-state index in [0.717, 1.165) is 6.54 Å². The van der Waals surface area contributed by atoms with Crippen molar-refractivity contribution in [3.63, 3.8) is 0 Å². The van der Waals surface area contributed by atoms with Gasteiger partial charge < -0.3 is 9.84 Å². The summed E-state index contributed by atoms with van der Waals surface area (Å²) in [6, 6.07) is 17.0. The second-order valence-electron chi connectivity index (χ2n) is 5.82. The Hall–Kier alpha value is -1.68. The first kappa shape index (κ1) is 16.7. The summed E-state index contributed by atoms with van der Waals surface area (Å²) in [5.41, 5.74) is 5.03. The lowest BCUT2D eigenvalue weighted by Gasteiger charge is -2.20. The maximum atomic E-state index is 9.80. The first-order valence-corrected chi connectivity index (χ1v) is 7.60. The van der Waals surface area contributed by atoms with Crippen LogP contribution in [0.4, 0.5) is 0 Å². The molecule has 1 unspecified atom stereocenters. The highest BCUT2D eigenvalue weighted by Gasteiger charge is 2.09. The fourth-order valence-electron chi connectivity index (χ4n) is 2.72. The highest BCUT2D eigenvalue weighted by Crippen LogP contribution is 2.24. The van der Waals surface area contributed by atoms with Gasteiger partial charge in [-0.25, -0.2) is 0 Å². The Balaban J connectivity index is 2.07. The molecule has 2 aromatic rings. The Labute approximate surface area is 133 Å². The summed E-state index contributed by atoms with van der Waals surface area (Å²) < 4.78 is 4.97. The molecular formula is C19H25NO2. The third kappa shape index (κ3) is 4.67. The average molecular weight is 299 g/mol. The topological polar surface area (TPSA) is 32.7 Å². The molecule has 22 heavy (non-hydrogen) atoms. The molecule has 0 heterocycles. The molecule has 0 aliphatic carbocycles. The van der Waals surface area contributed by atoms with Crippen molar-refractivity contribution in [2.75, 3.05) is 27.3 Å². The van der Waals surface area contributed by atoms with Gasteiger partial charge in [0.25, 0.3) is 0 Å². The summed E-state index contributed by atoms with van der Waals surface area (Å²) in [6.07, 6.45) is -0.449. The molecule has 0 aromatic heterocycles. The normalized spacial score (nSPS) is 12.6. The van der Waals surface area contributed by atoms with Crippen LogP contribution in [0.3, 0.4) is 0 Å². The van der Waals surface area contributed by atoms with E-state index in [9.17, 15) is 5.11 Å². The van der Waals surface area contributed by atoms with Crippen molar-refractivity contribution in [3.05, 3.63) is 59.7 Å². The molecule has 118 valence electrons. The van der Waals surface area contributed by atoms with Crippen LogP contribution in [0.5, 0.6) is 0 Å². The molecule has 2 rings (SSSR count).